The highest BCUT2D eigenvalue weighted by Crippen LogP contribution is 2.24. The van der Waals surface area contributed by atoms with Crippen LogP contribution in [0.5, 0.6) is 0 Å². The number of halogens is 2. The summed E-state index contributed by atoms with van der Waals surface area (Å²) < 4.78 is 26.9. The summed E-state index contributed by atoms with van der Waals surface area (Å²) in [5.41, 5.74) is 5.37. The molecule has 1 saturated heterocycles. The minimum Gasteiger partial charge on any atom is -0.399 e. The zero-order chi connectivity index (χ0) is 11.7. The summed E-state index contributed by atoms with van der Waals surface area (Å²) in [7, 11) is 1.98. The third-order valence-corrected chi connectivity index (χ3v) is 2.80. The Labute approximate surface area is 93.2 Å². The molecule has 1 aliphatic rings. The maximum absolute atomic E-state index is 13.5. The molecule has 3 N–H and O–H groups in total. The van der Waals surface area contributed by atoms with Gasteiger partial charge in [0.25, 0.3) is 0 Å². The van der Waals surface area contributed by atoms with E-state index in [-0.39, 0.29) is 17.4 Å². The molecular formula is C11H15F2N3. The van der Waals surface area contributed by atoms with E-state index < -0.39 is 11.6 Å². The summed E-state index contributed by atoms with van der Waals surface area (Å²) >= 11 is 0. The second kappa shape index (κ2) is 4.25. The van der Waals surface area contributed by atoms with Crippen LogP contribution in [-0.2, 0) is 0 Å². The van der Waals surface area contributed by atoms with Crippen LogP contribution in [0, 0.1) is 11.6 Å². The van der Waals surface area contributed by atoms with E-state index in [1.807, 2.05) is 7.05 Å². The van der Waals surface area contributed by atoms with E-state index in [1.54, 1.807) is 0 Å². The van der Waals surface area contributed by atoms with E-state index >= 15 is 0 Å². The molecule has 1 aromatic carbocycles. The predicted octanol–water partition coefficient (Wildman–Crippen LogP) is 1.66. The molecule has 1 fully saturated rings. The molecule has 2 rings (SSSR count). The van der Waals surface area contributed by atoms with Crippen molar-refractivity contribution in [3.05, 3.63) is 23.8 Å². The fraction of sp³-hybridized carbons (Fsp3) is 0.455. The molecule has 0 aliphatic carbocycles. The Balaban J connectivity index is 2.15. The summed E-state index contributed by atoms with van der Waals surface area (Å²) in [6.45, 7) is 1.74. The van der Waals surface area contributed by atoms with Gasteiger partial charge < -0.3 is 16.0 Å². The van der Waals surface area contributed by atoms with Gasteiger partial charge in [0.1, 0.15) is 5.69 Å². The molecule has 0 radical (unpaired) electrons. The standard InChI is InChI=1S/C11H15F2N3/c1-16-3-2-8(6-16)15-11-9(12)4-7(14)5-10(11)13/h4-5,8,15H,2-3,6,14H2,1H3. The average molecular weight is 227 g/mol. The predicted molar refractivity (Wildman–Crippen MR) is 60.3 cm³/mol. The fourth-order valence-electron chi connectivity index (χ4n) is 1.99. The largest absolute Gasteiger partial charge is 0.399 e. The smallest absolute Gasteiger partial charge is 0.151 e. The van der Waals surface area contributed by atoms with E-state index in [9.17, 15) is 8.78 Å². The average Bonchev–Trinajstić information content (AvgIpc) is 2.58. The summed E-state index contributed by atoms with van der Waals surface area (Å²) in [6, 6.07) is 2.35. The molecule has 1 unspecified atom stereocenters. The maximum atomic E-state index is 13.5. The molecular weight excluding hydrogens is 212 g/mol. The number of rotatable bonds is 2. The number of hydrogen-bond donors (Lipinski definition) is 2. The van der Waals surface area contributed by atoms with Gasteiger partial charge in [0.15, 0.2) is 11.6 Å². The van der Waals surface area contributed by atoms with Gasteiger partial charge in [0.05, 0.1) is 0 Å². The first kappa shape index (κ1) is 11.1. The van der Waals surface area contributed by atoms with Crippen molar-refractivity contribution in [2.24, 2.45) is 0 Å². The summed E-state index contributed by atoms with van der Waals surface area (Å²) in [5.74, 6) is -1.26. The number of nitrogens with one attached hydrogen (secondary N) is 1. The van der Waals surface area contributed by atoms with Crippen molar-refractivity contribution in [1.82, 2.24) is 4.90 Å². The first-order chi connectivity index (χ1) is 7.56. The lowest BCUT2D eigenvalue weighted by Gasteiger charge is -2.15. The Morgan fingerprint density at radius 2 is 2.00 bits per heavy atom. The Bertz CT molecular complexity index is 372. The minimum atomic E-state index is -0.632. The molecule has 16 heavy (non-hydrogen) atoms. The minimum absolute atomic E-state index is 0.0745. The van der Waals surface area contributed by atoms with E-state index in [0.29, 0.717) is 0 Å². The highest BCUT2D eigenvalue weighted by molar-refractivity contribution is 5.54. The summed E-state index contributed by atoms with van der Waals surface area (Å²) in [5, 5.41) is 2.89. The van der Waals surface area contributed by atoms with Crippen molar-refractivity contribution in [3.8, 4) is 0 Å². The quantitative estimate of drug-likeness (QED) is 0.755. The Hall–Kier alpha value is -1.36. The molecule has 0 bridgehead atoms. The number of likely N-dealkylation sites (tertiary alicyclic amines) is 1. The van der Waals surface area contributed by atoms with Crippen molar-refractivity contribution < 1.29 is 8.78 Å². The lowest BCUT2D eigenvalue weighted by Crippen LogP contribution is -2.24. The van der Waals surface area contributed by atoms with E-state index in [4.69, 9.17) is 5.73 Å². The first-order valence-corrected chi connectivity index (χ1v) is 5.26. The lowest BCUT2D eigenvalue weighted by molar-refractivity contribution is 0.413. The van der Waals surface area contributed by atoms with Crippen LogP contribution < -0.4 is 11.1 Å². The Morgan fingerprint density at radius 3 is 2.50 bits per heavy atom. The van der Waals surface area contributed by atoms with Gasteiger partial charge >= 0.3 is 0 Å². The highest BCUT2D eigenvalue weighted by atomic mass is 19.1. The SMILES string of the molecule is CN1CCC(Nc2c(F)cc(N)cc2F)C1. The van der Waals surface area contributed by atoms with Gasteiger partial charge in [-0.05, 0) is 32.1 Å². The zero-order valence-corrected chi connectivity index (χ0v) is 9.13. The summed E-state index contributed by atoms with van der Waals surface area (Å²) in [6.07, 6.45) is 0.889. The molecule has 1 atom stereocenters. The van der Waals surface area contributed by atoms with Gasteiger partial charge in [-0.2, -0.15) is 0 Å². The van der Waals surface area contributed by atoms with Crippen LogP contribution in [0.4, 0.5) is 20.2 Å². The molecule has 3 nitrogen and oxygen atoms in total. The van der Waals surface area contributed by atoms with Gasteiger partial charge in [-0.25, -0.2) is 8.78 Å². The van der Waals surface area contributed by atoms with Gasteiger partial charge in [0, 0.05) is 18.3 Å². The number of hydrogen-bond acceptors (Lipinski definition) is 3. The molecule has 1 aliphatic heterocycles. The highest BCUT2D eigenvalue weighted by Gasteiger charge is 2.21. The van der Waals surface area contributed by atoms with Gasteiger partial charge in [-0.3, -0.25) is 0 Å². The Morgan fingerprint density at radius 1 is 1.38 bits per heavy atom. The molecule has 5 heteroatoms. The van der Waals surface area contributed by atoms with Crippen molar-refractivity contribution in [3.63, 3.8) is 0 Å². The van der Waals surface area contributed by atoms with Crippen molar-refractivity contribution in [2.45, 2.75) is 12.5 Å². The van der Waals surface area contributed by atoms with Crippen LogP contribution >= 0.6 is 0 Å². The molecule has 0 saturated carbocycles. The second-order valence-electron chi connectivity index (χ2n) is 4.25. The Kier molecular flexibility index (Phi) is 2.96. The first-order valence-electron chi connectivity index (χ1n) is 5.26. The van der Waals surface area contributed by atoms with Gasteiger partial charge in [0.2, 0.25) is 0 Å². The molecule has 0 amide bonds. The monoisotopic (exact) mass is 227 g/mol. The number of nitrogen functional groups attached to an aromatic ring is 1. The van der Waals surface area contributed by atoms with Crippen LogP contribution in [-0.4, -0.2) is 31.1 Å². The second-order valence-corrected chi connectivity index (χ2v) is 4.25. The van der Waals surface area contributed by atoms with Gasteiger partial charge in [-0.1, -0.05) is 0 Å². The normalized spacial score (nSPS) is 21.3. The summed E-state index contributed by atoms with van der Waals surface area (Å²) in [4.78, 5) is 2.12. The topological polar surface area (TPSA) is 41.3 Å². The van der Waals surface area contributed by atoms with Gasteiger partial charge in [-0.15, -0.1) is 0 Å². The number of nitrogens with zero attached hydrogens (tertiary/aromatic N) is 1. The molecule has 0 aromatic heterocycles. The van der Waals surface area contributed by atoms with Crippen LogP contribution in [0.15, 0.2) is 12.1 Å². The zero-order valence-electron chi connectivity index (χ0n) is 9.13. The molecule has 0 spiro atoms. The van der Waals surface area contributed by atoms with E-state index in [2.05, 4.69) is 10.2 Å². The van der Waals surface area contributed by atoms with Crippen LogP contribution in [0.2, 0.25) is 0 Å². The molecule has 1 heterocycles. The fourth-order valence-corrected chi connectivity index (χ4v) is 1.99. The van der Waals surface area contributed by atoms with E-state index in [0.717, 1.165) is 31.6 Å². The van der Waals surface area contributed by atoms with Crippen LogP contribution in [0.1, 0.15) is 6.42 Å². The number of nitrogens with two attached hydrogens (primary N) is 1. The number of anilines is 2. The van der Waals surface area contributed by atoms with Crippen molar-refractivity contribution in [1.29, 1.82) is 0 Å². The van der Waals surface area contributed by atoms with Crippen molar-refractivity contribution >= 4 is 11.4 Å². The number of likely N-dealkylation sites (N-methyl/N-ethyl adjacent to an activating group) is 1. The molecule has 88 valence electrons. The third kappa shape index (κ3) is 2.24. The van der Waals surface area contributed by atoms with E-state index in [1.165, 1.54) is 0 Å². The van der Waals surface area contributed by atoms with Crippen LogP contribution in [0.3, 0.4) is 0 Å². The maximum Gasteiger partial charge on any atom is 0.151 e. The third-order valence-electron chi connectivity index (χ3n) is 2.80. The molecule has 1 aromatic rings. The van der Waals surface area contributed by atoms with Crippen molar-refractivity contribution in [2.75, 3.05) is 31.2 Å². The number of benzene rings is 1. The van der Waals surface area contributed by atoms with Crippen LogP contribution in [0.25, 0.3) is 0 Å². The lowest BCUT2D eigenvalue weighted by atomic mass is 10.2.